The van der Waals surface area contributed by atoms with Crippen molar-refractivity contribution in [2.24, 2.45) is 5.92 Å². The van der Waals surface area contributed by atoms with Crippen molar-refractivity contribution in [3.8, 4) is 0 Å². The third-order valence-electron chi connectivity index (χ3n) is 4.75. The quantitative estimate of drug-likeness (QED) is 0.662. The lowest BCUT2D eigenvalue weighted by Gasteiger charge is -2.39. The molecule has 1 amide bonds. The van der Waals surface area contributed by atoms with Crippen molar-refractivity contribution in [1.82, 2.24) is 4.90 Å². The van der Waals surface area contributed by atoms with Gasteiger partial charge in [0.2, 0.25) is 0 Å². The molecular weight excluding hydrogens is 394 g/mol. The van der Waals surface area contributed by atoms with E-state index in [9.17, 15) is 18.3 Å². The van der Waals surface area contributed by atoms with Crippen LogP contribution in [0.3, 0.4) is 0 Å². The molecule has 156 valence electrons. The van der Waals surface area contributed by atoms with Crippen molar-refractivity contribution in [2.45, 2.75) is 31.0 Å². The lowest BCUT2D eigenvalue weighted by molar-refractivity contribution is 0.0193. The average Bonchev–Trinajstić information content (AvgIpc) is 2.68. The highest BCUT2D eigenvalue weighted by Crippen LogP contribution is 2.23. The fraction of sp³-hybridized carbons (Fsp3) is 0.381. The summed E-state index contributed by atoms with van der Waals surface area (Å²) >= 11 is 0. The van der Waals surface area contributed by atoms with Gasteiger partial charge in [-0.25, -0.2) is 4.79 Å². The van der Waals surface area contributed by atoms with Crippen molar-refractivity contribution in [1.29, 1.82) is 0 Å². The highest BCUT2D eigenvalue weighted by atomic mass is 32.2. The van der Waals surface area contributed by atoms with E-state index in [-0.39, 0.29) is 24.0 Å². The van der Waals surface area contributed by atoms with Crippen molar-refractivity contribution >= 4 is 16.2 Å². The van der Waals surface area contributed by atoms with Gasteiger partial charge in [-0.1, -0.05) is 48.0 Å². The van der Waals surface area contributed by atoms with E-state index < -0.39 is 22.3 Å². The molecule has 1 atom stereocenters. The number of nitrogens with zero attached hydrogens (tertiary/aromatic N) is 1. The smallest absolute Gasteiger partial charge is 0.410 e. The Balaban J connectivity index is 1.36. The van der Waals surface area contributed by atoms with Gasteiger partial charge in [0.05, 0.1) is 17.6 Å². The lowest BCUT2D eigenvalue weighted by Crippen LogP contribution is -2.51. The molecule has 1 N–H and O–H groups in total. The summed E-state index contributed by atoms with van der Waals surface area (Å²) in [7, 11) is -3.90. The first-order valence-electron chi connectivity index (χ1n) is 9.43. The molecule has 2 aromatic carbocycles. The first-order valence-corrected chi connectivity index (χ1v) is 10.8. The minimum absolute atomic E-state index is 0.0614. The fourth-order valence-corrected chi connectivity index (χ4v) is 4.01. The topological polar surface area (TPSA) is 93.1 Å². The number of ether oxygens (including phenoxy) is 1. The van der Waals surface area contributed by atoms with Gasteiger partial charge in [0.1, 0.15) is 6.61 Å². The predicted molar refractivity (Wildman–Crippen MR) is 107 cm³/mol. The monoisotopic (exact) mass is 419 g/mol. The molecule has 29 heavy (non-hydrogen) atoms. The Kier molecular flexibility index (Phi) is 6.89. The molecule has 0 unspecified atom stereocenters. The maximum Gasteiger partial charge on any atom is 0.410 e. The summed E-state index contributed by atoms with van der Waals surface area (Å²) in [5.41, 5.74) is 1.86. The minimum Gasteiger partial charge on any atom is -0.445 e. The van der Waals surface area contributed by atoms with Gasteiger partial charge < -0.3 is 14.7 Å². The zero-order chi connectivity index (χ0) is 20.9. The van der Waals surface area contributed by atoms with Gasteiger partial charge in [-0.15, -0.1) is 0 Å². The molecule has 3 rings (SSSR count). The second-order valence-corrected chi connectivity index (χ2v) is 8.87. The molecule has 8 heteroatoms. The fourth-order valence-electron chi connectivity index (χ4n) is 3.07. The summed E-state index contributed by atoms with van der Waals surface area (Å²) in [5, 5.41) is 10.1. The zero-order valence-corrected chi connectivity index (χ0v) is 17.0. The maximum atomic E-state index is 12.1. The summed E-state index contributed by atoms with van der Waals surface area (Å²) in [6.07, 6.45) is -0.966. The molecule has 0 aliphatic carbocycles. The molecular formula is C21H25NO6S. The number of aryl methyl sites for hydroxylation is 1. The number of aliphatic hydroxyl groups excluding tert-OH is 1. The van der Waals surface area contributed by atoms with E-state index in [1.807, 2.05) is 37.3 Å². The van der Waals surface area contributed by atoms with Crippen LogP contribution in [0.4, 0.5) is 4.79 Å². The van der Waals surface area contributed by atoms with Crippen LogP contribution in [-0.2, 0) is 25.6 Å². The number of aliphatic hydroxyl groups is 1. The van der Waals surface area contributed by atoms with E-state index in [0.29, 0.717) is 19.5 Å². The Morgan fingerprint density at radius 1 is 1.14 bits per heavy atom. The van der Waals surface area contributed by atoms with E-state index in [1.165, 1.54) is 12.1 Å². The molecule has 0 spiro atoms. The van der Waals surface area contributed by atoms with Gasteiger partial charge in [-0.05, 0) is 37.0 Å². The predicted octanol–water partition coefficient (Wildman–Crippen LogP) is 2.72. The van der Waals surface area contributed by atoms with Crippen molar-refractivity contribution in [3.63, 3.8) is 0 Å². The second kappa shape index (κ2) is 9.39. The van der Waals surface area contributed by atoms with Gasteiger partial charge in [0.25, 0.3) is 10.1 Å². The Hall–Kier alpha value is -2.42. The maximum absolute atomic E-state index is 12.1. The van der Waals surface area contributed by atoms with Gasteiger partial charge in [0.15, 0.2) is 0 Å². The summed E-state index contributed by atoms with van der Waals surface area (Å²) < 4.78 is 34.5. The Labute approximate surface area is 171 Å². The highest BCUT2D eigenvalue weighted by Gasteiger charge is 2.33. The van der Waals surface area contributed by atoms with Gasteiger partial charge >= 0.3 is 6.09 Å². The second-order valence-electron chi connectivity index (χ2n) is 7.25. The molecule has 0 radical (unpaired) electrons. The molecule has 1 fully saturated rings. The molecule has 1 aliphatic rings. The number of hydrogen-bond acceptors (Lipinski definition) is 6. The summed E-state index contributed by atoms with van der Waals surface area (Å²) in [4.78, 5) is 13.6. The van der Waals surface area contributed by atoms with Crippen LogP contribution < -0.4 is 0 Å². The molecule has 7 nitrogen and oxygen atoms in total. The van der Waals surface area contributed by atoms with Gasteiger partial charge in [-0.2, -0.15) is 8.42 Å². The largest absolute Gasteiger partial charge is 0.445 e. The number of carbonyl (C=O) groups excluding carboxylic acids is 1. The number of carbonyl (C=O) groups is 1. The molecule has 0 saturated carbocycles. The third kappa shape index (κ3) is 6.03. The first kappa shape index (κ1) is 21.3. The van der Waals surface area contributed by atoms with Crippen LogP contribution in [0.25, 0.3) is 0 Å². The van der Waals surface area contributed by atoms with Crippen molar-refractivity contribution in [3.05, 3.63) is 65.7 Å². The van der Waals surface area contributed by atoms with Gasteiger partial charge in [0, 0.05) is 13.1 Å². The normalized spacial score (nSPS) is 15.6. The van der Waals surface area contributed by atoms with Crippen LogP contribution in [0.5, 0.6) is 0 Å². The van der Waals surface area contributed by atoms with E-state index in [0.717, 1.165) is 11.1 Å². The number of likely N-dealkylation sites (tertiary alicyclic amines) is 1. The van der Waals surface area contributed by atoms with Crippen LogP contribution in [0.15, 0.2) is 59.5 Å². The van der Waals surface area contributed by atoms with Crippen LogP contribution in [-0.4, -0.2) is 50.3 Å². The molecule has 0 bridgehead atoms. The SMILES string of the molecule is Cc1ccc(S(=O)(=O)OC[C@H](O)CC2CN(C(=O)OCc3ccccc3)C2)cc1. The standard InChI is InChI=1S/C21H25NO6S/c1-16-7-9-20(10-8-16)29(25,26)28-15-19(23)11-18-12-22(13-18)21(24)27-14-17-5-3-2-4-6-17/h2-10,18-19,23H,11-15H2,1H3/t19-/m1/s1. The zero-order valence-electron chi connectivity index (χ0n) is 16.2. The van der Waals surface area contributed by atoms with Crippen LogP contribution in [0.2, 0.25) is 0 Å². The Bertz CT molecular complexity index is 908. The molecule has 1 saturated heterocycles. The highest BCUT2D eigenvalue weighted by molar-refractivity contribution is 7.86. The van der Waals surface area contributed by atoms with Gasteiger partial charge in [-0.3, -0.25) is 4.18 Å². The van der Waals surface area contributed by atoms with Crippen molar-refractivity contribution in [2.75, 3.05) is 19.7 Å². The number of rotatable bonds is 8. The summed E-state index contributed by atoms with van der Waals surface area (Å²) in [6.45, 7) is 2.70. The Morgan fingerprint density at radius 3 is 2.45 bits per heavy atom. The third-order valence-corrected chi connectivity index (χ3v) is 6.05. The molecule has 1 heterocycles. The summed E-state index contributed by atoms with van der Waals surface area (Å²) in [5.74, 6) is 0.0833. The Morgan fingerprint density at radius 2 is 1.79 bits per heavy atom. The van der Waals surface area contributed by atoms with Crippen LogP contribution in [0.1, 0.15) is 17.5 Å². The van der Waals surface area contributed by atoms with Crippen molar-refractivity contribution < 1.29 is 27.2 Å². The number of benzene rings is 2. The van der Waals surface area contributed by atoms with E-state index >= 15 is 0 Å². The van der Waals surface area contributed by atoms with E-state index in [2.05, 4.69) is 0 Å². The van der Waals surface area contributed by atoms with Crippen LogP contribution in [0, 0.1) is 12.8 Å². The summed E-state index contributed by atoms with van der Waals surface area (Å²) in [6, 6.07) is 15.7. The first-order chi connectivity index (χ1) is 13.8. The average molecular weight is 419 g/mol. The van der Waals surface area contributed by atoms with Crippen LogP contribution >= 0.6 is 0 Å². The molecule has 2 aromatic rings. The number of amides is 1. The molecule has 1 aliphatic heterocycles. The molecule has 0 aromatic heterocycles. The number of hydrogen-bond donors (Lipinski definition) is 1. The minimum atomic E-state index is -3.90. The van der Waals surface area contributed by atoms with E-state index in [4.69, 9.17) is 8.92 Å². The van der Waals surface area contributed by atoms with E-state index in [1.54, 1.807) is 17.0 Å². The lowest BCUT2D eigenvalue weighted by atomic mass is 9.94.